The van der Waals surface area contributed by atoms with Gasteiger partial charge >= 0.3 is 5.97 Å². The van der Waals surface area contributed by atoms with Crippen LogP contribution < -0.4 is 0 Å². The molecule has 0 aliphatic heterocycles. The lowest BCUT2D eigenvalue weighted by atomic mass is 10.1. The fourth-order valence-corrected chi connectivity index (χ4v) is 1.80. The van der Waals surface area contributed by atoms with Crippen LogP contribution in [0.15, 0.2) is 30.7 Å². The lowest BCUT2D eigenvalue weighted by Crippen LogP contribution is -2.14. The van der Waals surface area contributed by atoms with E-state index in [2.05, 4.69) is 15.0 Å². The zero-order valence-corrected chi connectivity index (χ0v) is 10.4. The highest BCUT2D eigenvalue weighted by atomic mass is 16.5. The zero-order chi connectivity index (χ0) is 13.0. The summed E-state index contributed by atoms with van der Waals surface area (Å²) in [5.41, 5.74) is 1.79. The third kappa shape index (κ3) is 2.40. The first-order valence-corrected chi connectivity index (χ1v) is 5.79. The number of aromatic amines is 1. The van der Waals surface area contributed by atoms with E-state index in [0.29, 0.717) is 12.2 Å². The number of rotatable bonds is 4. The molecule has 0 amide bonds. The molecule has 0 aromatic carbocycles. The molecule has 1 N–H and O–H groups in total. The lowest BCUT2D eigenvalue weighted by Gasteiger charge is -2.08. The molecule has 0 spiro atoms. The van der Waals surface area contributed by atoms with Crippen molar-refractivity contribution in [2.75, 3.05) is 7.11 Å². The van der Waals surface area contributed by atoms with E-state index in [9.17, 15) is 4.79 Å². The Bertz CT molecular complexity index is 522. The molecule has 2 aromatic heterocycles. The van der Waals surface area contributed by atoms with E-state index in [1.165, 1.54) is 7.11 Å². The second-order valence-corrected chi connectivity index (χ2v) is 3.91. The van der Waals surface area contributed by atoms with Crippen molar-refractivity contribution in [2.45, 2.75) is 19.3 Å². The van der Waals surface area contributed by atoms with Gasteiger partial charge in [0.2, 0.25) is 0 Å². The minimum absolute atomic E-state index is 0.274. The number of imidazole rings is 1. The number of methoxy groups -OCH3 is 1. The third-order valence-corrected chi connectivity index (χ3v) is 2.79. The number of aromatic nitrogens is 3. The van der Waals surface area contributed by atoms with Gasteiger partial charge in [-0.25, -0.2) is 4.98 Å². The van der Waals surface area contributed by atoms with Gasteiger partial charge in [-0.05, 0) is 18.6 Å². The molecule has 2 aromatic rings. The number of carbonyl (C=O) groups excluding carboxylic acids is 1. The first-order valence-electron chi connectivity index (χ1n) is 5.79. The molecule has 0 aliphatic rings. The molecule has 18 heavy (non-hydrogen) atoms. The quantitative estimate of drug-likeness (QED) is 0.838. The molecule has 0 radical (unpaired) electrons. The smallest absolute Gasteiger partial charge is 0.316 e. The van der Waals surface area contributed by atoms with Gasteiger partial charge in [-0.3, -0.25) is 9.78 Å². The Morgan fingerprint density at radius 2 is 2.33 bits per heavy atom. The molecule has 0 saturated carbocycles. The normalized spacial score (nSPS) is 12.1. The van der Waals surface area contributed by atoms with Crippen molar-refractivity contribution < 1.29 is 9.53 Å². The number of nitrogens with one attached hydrogen (secondary N) is 1. The molecule has 94 valence electrons. The molecule has 2 heterocycles. The van der Waals surface area contributed by atoms with E-state index in [0.717, 1.165) is 11.3 Å². The second kappa shape index (κ2) is 5.44. The number of pyridine rings is 1. The summed E-state index contributed by atoms with van der Waals surface area (Å²) in [7, 11) is 1.38. The predicted octanol–water partition coefficient (Wildman–Crippen LogP) is 2.14. The fourth-order valence-electron chi connectivity index (χ4n) is 1.80. The molecule has 0 saturated heterocycles. The molecule has 0 bridgehead atoms. The first-order chi connectivity index (χ1) is 8.76. The highest BCUT2D eigenvalue weighted by molar-refractivity contribution is 5.77. The minimum Gasteiger partial charge on any atom is -0.468 e. The second-order valence-electron chi connectivity index (χ2n) is 3.91. The Hall–Kier alpha value is -2.17. The van der Waals surface area contributed by atoms with Crippen LogP contribution in [0, 0.1) is 0 Å². The van der Waals surface area contributed by atoms with E-state index in [-0.39, 0.29) is 11.9 Å². The summed E-state index contributed by atoms with van der Waals surface area (Å²) in [6.45, 7) is 1.92. The summed E-state index contributed by atoms with van der Waals surface area (Å²) in [5, 5.41) is 0. The monoisotopic (exact) mass is 245 g/mol. The lowest BCUT2D eigenvalue weighted by molar-refractivity contribution is -0.142. The van der Waals surface area contributed by atoms with Gasteiger partial charge < -0.3 is 9.72 Å². The largest absolute Gasteiger partial charge is 0.468 e. The maximum Gasteiger partial charge on any atom is 0.316 e. The number of carbonyl (C=O) groups is 1. The molecule has 5 heteroatoms. The van der Waals surface area contributed by atoms with Gasteiger partial charge in [0.05, 0.1) is 19.0 Å². The maximum absolute atomic E-state index is 11.6. The van der Waals surface area contributed by atoms with Crippen LogP contribution in [0.1, 0.15) is 25.1 Å². The molecular formula is C13H15N3O2. The van der Waals surface area contributed by atoms with Crippen molar-refractivity contribution in [1.82, 2.24) is 15.0 Å². The Morgan fingerprint density at radius 1 is 1.50 bits per heavy atom. The summed E-state index contributed by atoms with van der Waals surface area (Å²) in [4.78, 5) is 23.0. The number of esters is 1. The molecular weight excluding hydrogens is 230 g/mol. The average Bonchev–Trinajstić information content (AvgIpc) is 2.90. The van der Waals surface area contributed by atoms with E-state index in [1.54, 1.807) is 18.6 Å². The SMILES string of the molecule is CCC(C(=O)OC)c1ncc(-c2cccnc2)[nH]1. The Balaban J connectivity index is 2.27. The van der Waals surface area contributed by atoms with Gasteiger partial charge in [0.25, 0.3) is 0 Å². The molecule has 0 aliphatic carbocycles. The van der Waals surface area contributed by atoms with Gasteiger partial charge in [0.1, 0.15) is 11.7 Å². The molecule has 1 atom stereocenters. The van der Waals surface area contributed by atoms with E-state index in [1.807, 2.05) is 19.1 Å². The van der Waals surface area contributed by atoms with Crippen LogP contribution in [-0.2, 0) is 9.53 Å². The third-order valence-electron chi connectivity index (χ3n) is 2.79. The van der Waals surface area contributed by atoms with Gasteiger partial charge in [-0.15, -0.1) is 0 Å². The Kier molecular flexibility index (Phi) is 3.72. The molecule has 0 fully saturated rings. The number of nitrogens with zero attached hydrogens (tertiary/aromatic N) is 2. The number of H-pyrrole nitrogens is 1. The Morgan fingerprint density at radius 3 is 2.94 bits per heavy atom. The van der Waals surface area contributed by atoms with E-state index >= 15 is 0 Å². The summed E-state index contributed by atoms with van der Waals surface area (Å²) in [6.07, 6.45) is 5.81. The first kappa shape index (κ1) is 12.3. The van der Waals surface area contributed by atoms with Crippen LogP contribution in [0.5, 0.6) is 0 Å². The summed E-state index contributed by atoms with van der Waals surface area (Å²) >= 11 is 0. The average molecular weight is 245 g/mol. The fraction of sp³-hybridized carbons (Fsp3) is 0.308. The number of hydrogen-bond acceptors (Lipinski definition) is 4. The van der Waals surface area contributed by atoms with Crippen LogP contribution in [0.2, 0.25) is 0 Å². The van der Waals surface area contributed by atoms with Gasteiger partial charge in [-0.2, -0.15) is 0 Å². The van der Waals surface area contributed by atoms with Crippen molar-refractivity contribution in [3.05, 3.63) is 36.5 Å². The molecule has 2 rings (SSSR count). The van der Waals surface area contributed by atoms with Crippen molar-refractivity contribution in [3.8, 4) is 11.3 Å². The summed E-state index contributed by atoms with van der Waals surface area (Å²) in [6, 6.07) is 3.79. The highest BCUT2D eigenvalue weighted by Gasteiger charge is 2.22. The van der Waals surface area contributed by atoms with Crippen molar-refractivity contribution in [3.63, 3.8) is 0 Å². The number of hydrogen-bond donors (Lipinski definition) is 1. The Labute approximate surface area is 105 Å². The van der Waals surface area contributed by atoms with Gasteiger partial charge in [-0.1, -0.05) is 6.92 Å². The standard InChI is InChI=1S/C13H15N3O2/c1-3-10(13(17)18-2)12-15-8-11(16-12)9-5-4-6-14-7-9/h4-8,10H,3H2,1-2H3,(H,15,16). The van der Waals surface area contributed by atoms with Crippen LogP contribution in [-0.4, -0.2) is 28.0 Å². The van der Waals surface area contributed by atoms with Crippen LogP contribution in [0.3, 0.4) is 0 Å². The van der Waals surface area contributed by atoms with Crippen molar-refractivity contribution in [2.24, 2.45) is 0 Å². The van der Waals surface area contributed by atoms with E-state index in [4.69, 9.17) is 4.74 Å². The van der Waals surface area contributed by atoms with Crippen molar-refractivity contribution >= 4 is 5.97 Å². The van der Waals surface area contributed by atoms with Crippen molar-refractivity contribution in [1.29, 1.82) is 0 Å². The van der Waals surface area contributed by atoms with Gasteiger partial charge in [0.15, 0.2) is 0 Å². The summed E-state index contributed by atoms with van der Waals surface area (Å²) < 4.78 is 4.76. The highest BCUT2D eigenvalue weighted by Crippen LogP contribution is 2.22. The topological polar surface area (TPSA) is 67.9 Å². The number of ether oxygens (including phenoxy) is 1. The van der Waals surface area contributed by atoms with E-state index < -0.39 is 0 Å². The molecule has 5 nitrogen and oxygen atoms in total. The minimum atomic E-state index is -0.347. The maximum atomic E-state index is 11.6. The molecule has 1 unspecified atom stereocenters. The zero-order valence-electron chi connectivity index (χ0n) is 10.4. The van der Waals surface area contributed by atoms with Crippen LogP contribution in [0.4, 0.5) is 0 Å². The predicted molar refractivity (Wildman–Crippen MR) is 66.9 cm³/mol. The summed E-state index contributed by atoms with van der Waals surface area (Å²) in [5.74, 6) is 0.00760. The van der Waals surface area contributed by atoms with Crippen LogP contribution in [0.25, 0.3) is 11.3 Å². The van der Waals surface area contributed by atoms with Gasteiger partial charge in [0, 0.05) is 18.0 Å². The van der Waals surface area contributed by atoms with Crippen LogP contribution >= 0.6 is 0 Å².